The summed E-state index contributed by atoms with van der Waals surface area (Å²) in [6.07, 6.45) is 9.47. The van der Waals surface area contributed by atoms with Gasteiger partial charge in [-0.15, -0.1) is 0 Å². The van der Waals surface area contributed by atoms with Crippen LogP contribution in [0.5, 0.6) is 5.75 Å². The fourth-order valence-corrected chi connectivity index (χ4v) is 5.65. The molecule has 1 aliphatic carbocycles. The first-order valence-electron chi connectivity index (χ1n) is 10.9. The van der Waals surface area contributed by atoms with Crippen LogP contribution in [0.3, 0.4) is 0 Å². The monoisotopic (exact) mass is 424 g/mol. The third kappa shape index (κ3) is 5.86. The number of hydrogen-bond donors (Lipinski definition) is 2. The highest BCUT2D eigenvalue weighted by molar-refractivity contribution is 7.90. The molecule has 1 saturated carbocycles. The van der Waals surface area contributed by atoms with Gasteiger partial charge in [-0.3, -0.25) is 0 Å². The number of phenolic OH excluding ortho intramolecular Hbond substituents is 1. The molecule has 2 fully saturated rings. The molecule has 1 saturated heterocycles. The van der Waals surface area contributed by atoms with E-state index in [9.17, 15) is 13.5 Å². The predicted molar refractivity (Wildman–Crippen MR) is 116 cm³/mol. The molecule has 1 heterocycles. The lowest BCUT2D eigenvalue weighted by Gasteiger charge is -2.41. The largest absolute Gasteiger partial charge is 0.506 e. The predicted octanol–water partition coefficient (Wildman–Crippen LogP) is 3.72. The first-order chi connectivity index (χ1) is 13.8. The van der Waals surface area contributed by atoms with Crippen LogP contribution in [0.15, 0.2) is 17.0 Å². The maximum Gasteiger partial charge on any atom is 0.175 e. The Morgan fingerprint density at radius 3 is 2.38 bits per heavy atom. The molecule has 6 nitrogen and oxygen atoms in total. The zero-order chi connectivity index (χ0) is 21.0. The highest BCUT2D eigenvalue weighted by atomic mass is 32.2. The molecule has 0 aromatic heterocycles. The van der Waals surface area contributed by atoms with Gasteiger partial charge in [0.15, 0.2) is 9.84 Å². The molecule has 29 heavy (non-hydrogen) atoms. The van der Waals surface area contributed by atoms with Crippen molar-refractivity contribution < 1.29 is 18.3 Å². The Bertz CT molecular complexity index is 780. The summed E-state index contributed by atoms with van der Waals surface area (Å²) < 4.78 is 29.9. The average Bonchev–Trinajstić information content (AvgIpc) is 2.68. The molecule has 0 amide bonds. The van der Waals surface area contributed by atoms with Crippen molar-refractivity contribution in [2.45, 2.75) is 81.9 Å². The summed E-state index contributed by atoms with van der Waals surface area (Å²) >= 11 is 0. The van der Waals surface area contributed by atoms with Crippen LogP contribution in [0.4, 0.5) is 5.69 Å². The Hall–Kier alpha value is -1.31. The Balaban J connectivity index is 1.52. The van der Waals surface area contributed by atoms with Crippen LogP contribution >= 0.6 is 0 Å². The van der Waals surface area contributed by atoms with Gasteiger partial charge >= 0.3 is 0 Å². The van der Waals surface area contributed by atoms with Crippen molar-refractivity contribution in [3.8, 4) is 5.75 Å². The summed E-state index contributed by atoms with van der Waals surface area (Å²) in [5.74, 6) is 0.114. The second-order valence-corrected chi connectivity index (χ2v) is 10.6. The van der Waals surface area contributed by atoms with Crippen molar-refractivity contribution in [3.63, 3.8) is 0 Å². The number of hydrogen-bond acceptors (Lipinski definition) is 6. The molecular weight excluding hydrogens is 388 g/mol. The number of benzene rings is 1. The number of anilines is 1. The van der Waals surface area contributed by atoms with Crippen LogP contribution in [-0.2, 0) is 14.6 Å². The molecule has 2 N–H and O–H groups in total. The van der Waals surface area contributed by atoms with Crippen LogP contribution in [-0.4, -0.2) is 62.6 Å². The fourth-order valence-electron chi connectivity index (χ4n) is 4.68. The van der Waals surface area contributed by atoms with E-state index in [1.807, 2.05) is 0 Å². The van der Waals surface area contributed by atoms with E-state index in [1.165, 1.54) is 25.2 Å². The molecule has 3 rings (SSSR count). The Kier molecular flexibility index (Phi) is 7.46. The SMILES string of the molecule is CCCOC1CCC(N2CCC(Nc3cc(S(C)(=O)=O)c(C)cc3O)CC2)CC1. The smallest absolute Gasteiger partial charge is 0.175 e. The van der Waals surface area contributed by atoms with Gasteiger partial charge in [0.2, 0.25) is 0 Å². The van der Waals surface area contributed by atoms with E-state index in [2.05, 4.69) is 17.1 Å². The number of likely N-dealkylation sites (tertiary alicyclic amines) is 1. The summed E-state index contributed by atoms with van der Waals surface area (Å²) in [6, 6.07) is 4.01. The summed E-state index contributed by atoms with van der Waals surface area (Å²) in [4.78, 5) is 2.88. The van der Waals surface area contributed by atoms with Gasteiger partial charge in [-0.25, -0.2) is 8.42 Å². The molecular formula is C22H36N2O4S. The molecule has 164 valence electrons. The van der Waals surface area contributed by atoms with Crippen molar-refractivity contribution in [1.82, 2.24) is 4.90 Å². The van der Waals surface area contributed by atoms with Gasteiger partial charge in [0.05, 0.1) is 16.7 Å². The Labute approximate surface area is 175 Å². The molecule has 1 aromatic rings. The molecule has 7 heteroatoms. The van der Waals surface area contributed by atoms with Gasteiger partial charge in [0, 0.05) is 38.0 Å². The van der Waals surface area contributed by atoms with Gasteiger partial charge in [-0.2, -0.15) is 0 Å². The number of sulfone groups is 1. The summed E-state index contributed by atoms with van der Waals surface area (Å²) in [7, 11) is -3.32. The van der Waals surface area contributed by atoms with Crippen LogP contribution in [0.25, 0.3) is 0 Å². The number of nitrogens with zero attached hydrogens (tertiary/aromatic N) is 1. The van der Waals surface area contributed by atoms with E-state index in [0.29, 0.717) is 23.4 Å². The summed E-state index contributed by atoms with van der Waals surface area (Å²) in [5.41, 5.74) is 1.09. The van der Waals surface area contributed by atoms with Crippen molar-refractivity contribution in [3.05, 3.63) is 17.7 Å². The van der Waals surface area contributed by atoms with Crippen LogP contribution < -0.4 is 5.32 Å². The van der Waals surface area contributed by atoms with Crippen molar-refractivity contribution >= 4 is 15.5 Å². The third-order valence-corrected chi connectivity index (χ3v) is 7.54. The van der Waals surface area contributed by atoms with Crippen molar-refractivity contribution in [2.24, 2.45) is 0 Å². The van der Waals surface area contributed by atoms with E-state index in [4.69, 9.17) is 4.74 Å². The summed E-state index contributed by atoms with van der Waals surface area (Å²) in [5, 5.41) is 13.7. The first kappa shape index (κ1) is 22.4. The minimum atomic E-state index is -3.32. The number of aryl methyl sites for hydroxylation is 1. The Morgan fingerprint density at radius 2 is 1.79 bits per heavy atom. The molecule has 1 aromatic carbocycles. The van der Waals surface area contributed by atoms with E-state index in [0.717, 1.165) is 51.8 Å². The number of aromatic hydroxyl groups is 1. The maximum absolute atomic E-state index is 12.0. The van der Waals surface area contributed by atoms with Gasteiger partial charge in [0.1, 0.15) is 5.75 Å². The lowest BCUT2D eigenvalue weighted by molar-refractivity contribution is 0.00428. The van der Waals surface area contributed by atoms with Crippen molar-refractivity contribution in [1.29, 1.82) is 0 Å². The minimum Gasteiger partial charge on any atom is -0.506 e. The van der Waals surface area contributed by atoms with Gasteiger partial charge in [-0.05, 0) is 69.6 Å². The van der Waals surface area contributed by atoms with Crippen LogP contribution in [0.2, 0.25) is 0 Å². The molecule has 0 radical (unpaired) electrons. The molecule has 2 aliphatic rings. The quantitative estimate of drug-likeness (QED) is 0.650. The lowest BCUT2D eigenvalue weighted by atomic mass is 9.90. The molecule has 0 atom stereocenters. The topological polar surface area (TPSA) is 78.9 Å². The summed E-state index contributed by atoms with van der Waals surface area (Å²) in [6.45, 7) is 6.81. The minimum absolute atomic E-state index is 0.114. The normalized spacial score (nSPS) is 24.5. The number of ether oxygens (including phenoxy) is 1. The number of rotatable bonds is 7. The molecule has 0 spiro atoms. The zero-order valence-electron chi connectivity index (χ0n) is 18.0. The van der Waals surface area contributed by atoms with E-state index in [1.54, 1.807) is 13.0 Å². The Morgan fingerprint density at radius 1 is 1.14 bits per heavy atom. The second-order valence-electron chi connectivity index (χ2n) is 8.66. The van der Waals surface area contributed by atoms with E-state index < -0.39 is 9.84 Å². The first-order valence-corrected chi connectivity index (χ1v) is 12.8. The highest BCUT2D eigenvalue weighted by Crippen LogP contribution is 2.32. The van der Waals surface area contributed by atoms with Gasteiger partial charge in [0.25, 0.3) is 0 Å². The van der Waals surface area contributed by atoms with Gasteiger partial charge < -0.3 is 20.1 Å². The average molecular weight is 425 g/mol. The third-order valence-electron chi connectivity index (χ3n) is 6.30. The van der Waals surface area contributed by atoms with Crippen LogP contribution in [0.1, 0.15) is 57.4 Å². The number of piperidine rings is 1. The molecule has 0 bridgehead atoms. The molecule has 1 aliphatic heterocycles. The van der Waals surface area contributed by atoms with E-state index in [-0.39, 0.29) is 16.7 Å². The molecule has 0 unspecified atom stereocenters. The standard InChI is InChI=1S/C22H36N2O4S/c1-4-13-28-19-7-5-18(6-8-19)24-11-9-17(10-12-24)23-20-15-22(29(3,26)27)16(2)14-21(20)25/h14-15,17-19,23,25H,4-13H2,1-3H3. The van der Waals surface area contributed by atoms with Crippen molar-refractivity contribution in [2.75, 3.05) is 31.3 Å². The fraction of sp³-hybridized carbons (Fsp3) is 0.727. The second kappa shape index (κ2) is 9.67. The highest BCUT2D eigenvalue weighted by Gasteiger charge is 2.29. The maximum atomic E-state index is 12.0. The zero-order valence-corrected chi connectivity index (χ0v) is 18.8. The lowest BCUT2D eigenvalue weighted by Crippen LogP contribution is -2.46. The number of nitrogens with one attached hydrogen (secondary N) is 1. The van der Waals surface area contributed by atoms with Gasteiger partial charge in [-0.1, -0.05) is 6.92 Å². The van der Waals surface area contributed by atoms with E-state index >= 15 is 0 Å². The van der Waals surface area contributed by atoms with Crippen LogP contribution in [0, 0.1) is 6.92 Å². The number of phenols is 1.